The normalized spacial score (nSPS) is 22.7. The maximum Gasteiger partial charge on any atom is 0.280 e. The molecule has 0 bridgehead atoms. The lowest BCUT2D eigenvalue weighted by atomic mass is 9.82. The third-order valence-corrected chi connectivity index (χ3v) is 8.25. The van der Waals surface area contributed by atoms with Crippen LogP contribution in [-0.4, -0.2) is 66.1 Å². The van der Waals surface area contributed by atoms with Crippen LogP contribution in [0.3, 0.4) is 0 Å². The molecule has 10 heteroatoms. The van der Waals surface area contributed by atoms with Crippen LogP contribution in [0.4, 0.5) is 0 Å². The van der Waals surface area contributed by atoms with Crippen molar-refractivity contribution in [1.29, 1.82) is 0 Å². The van der Waals surface area contributed by atoms with Gasteiger partial charge in [-0.2, -0.15) is 0 Å². The first-order valence-corrected chi connectivity index (χ1v) is 13.1. The van der Waals surface area contributed by atoms with E-state index in [4.69, 9.17) is 16.3 Å². The summed E-state index contributed by atoms with van der Waals surface area (Å²) >= 11 is 7.56. The van der Waals surface area contributed by atoms with Gasteiger partial charge in [-0.3, -0.25) is 9.59 Å². The summed E-state index contributed by atoms with van der Waals surface area (Å²) in [5.74, 6) is -0.0408. The summed E-state index contributed by atoms with van der Waals surface area (Å²) in [4.78, 5) is 37.5. The number of carbonyl (C=O) groups is 2. The Morgan fingerprint density at radius 3 is 2.89 bits per heavy atom. The van der Waals surface area contributed by atoms with Crippen molar-refractivity contribution in [2.75, 3.05) is 27.3 Å². The number of amides is 2. The summed E-state index contributed by atoms with van der Waals surface area (Å²) < 4.78 is 5.38. The number of rotatable bonds is 6. The summed E-state index contributed by atoms with van der Waals surface area (Å²) in [6.45, 7) is 2.41. The molecule has 5 rings (SSSR count). The molecule has 2 aromatic heterocycles. The maximum absolute atomic E-state index is 13.2. The minimum absolute atomic E-state index is 0.172. The van der Waals surface area contributed by atoms with Crippen molar-refractivity contribution in [3.05, 3.63) is 50.6 Å². The lowest BCUT2D eigenvalue weighted by Crippen LogP contribution is -2.55. The number of nitrogens with one attached hydrogen (secondary N) is 3. The number of hydrogen-bond donors (Lipinski definition) is 3. The predicted octanol–water partition coefficient (Wildman–Crippen LogP) is 3.61. The van der Waals surface area contributed by atoms with E-state index in [-0.39, 0.29) is 23.9 Å². The van der Waals surface area contributed by atoms with Gasteiger partial charge in [-0.15, -0.1) is 11.3 Å². The van der Waals surface area contributed by atoms with Gasteiger partial charge in [0, 0.05) is 66.1 Å². The average molecular weight is 516 g/mol. The topological polar surface area (TPSA) is 99.3 Å². The van der Waals surface area contributed by atoms with Gasteiger partial charge in [-0.05, 0) is 56.5 Å². The Morgan fingerprint density at radius 1 is 1.23 bits per heavy atom. The Morgan fingerprint density at radius 2 is 2.06 bits per heavy atom. The molecule has 3 N–H and O–H groups in total. The summed E-state index contributed by atoms with van der Waals surface area (Å²) in [5, 5.41) is 8.34. The second-order valence-electron chi connectivity index (χ2n) is 9.59. The molecule has 2 amide bonds. The summed E-state index contributed by atoms with van der Waals surface area (Å²) in [6.07, 6.45) is 3.28. The lowest BCUT2D eigenvalue weighted by Gasteiger charge is -2.36. The fraction of sp³-hybridized carbons (Fsp3) is 0.480. The molecule has 0 saturated heterocycles. The minimum atomic E-state index is -0.206. The van der Waals surface area contributed by atoms with Gasteiger partial charge in [0.05, 0.1) is 5.69 Å². The molecular weight excluding hydrogens is 486 g/mol. The number of halogens is 1. The lowest BCUT2D eigenvalue weighted by molar-refractivity contribution is 0.0778. The van der Waals surface area contributed by atoms with Gasteiger partial charge >= 0.3 is 0 Å². The Hall–Kier alpha value is -2.46. The van der Waals surface area contributed by atoms with Crippen molar-refractivity contribution in [3.8, 4) is 0 Å². The fourth-order valence-corrected chi connectivity index (χ4v) is 6.37. The molecule has 3 atom stereocenters. The number of ether oxygens (including phenoxy) is 1. The van der Waals surface area contributed by atoms with E-state index in [1.807, 2.05) is 12.1 Å². The highest BCUT2D eigenvalue weighted by atomic mass is 35.5. The number of nitrogens with zero attached hydrogens (tertiary/aromatic N) is 2. The van der Waals surface area contributed by atoms with Crippen LogP contribution in [0.1, 0.15) is 50.1 Å². The van der Waals surface area contributed by atoms with Crippen LogP contribution < -0.4 is 10.6 Å². The quantitative estimate of drug-likeness (QED) is 0.466. The number of H-pyrrole nitrogens is 1. The van der Waals surface area contributed by atoms with Crippen molar-refractivity contribution >= 4 is 45.7 Å². The van der Waals surface area contributed by atoms with Gasteiger partial charge in [-0.1, -0.05) is 11.6 Å². The van der Waals surface area contributed by atoms with Gasteiger partial charge in [-0.25, -0.2) is 4.98 Å². The molecule has 8 nitrogen and oxygen atoms in total. The zero-order valence-corrected chi connectivity index (χ0v) is 21.5. The van der Waals surface area contributed by atoms with Gasteiger partial charge in [0.25, 0.3) is 11.8 Å². The van der Waals surface area contributed by atoms with E-state index >= 15 is 0 Å². The number of fused-ring (bicyclic) bond motifs is 2. The second kappa shape index (κ2) is 10.3. The number of benzene rings is 1. The summed E-state index contributed by atoms with van der Waals surface area (Å²) in [7, 11) is 3.77. The van der Waals surface area contributed by atoms with E-state index in [2.05, 4.69) is 32.5 Å². The number of thiazole rings is 1. The van der Waals surface area contributed by atoms with Crippen molar-refractivity contribution in [3.63, 3.8) is 0 Å². The van der Waals surface area contributed by atoms with Crippen molar-refractivity contribution in [2.45, 2.75) is 44.3 Å². The molecule has 3 aromatic rings. The molecule has 1 fully saturated rings. The highest BCUT2D eigenvalue weighted by Crippen LogP contribution is 2.28. The minimum Gasteiger partial charge on any atom is -0.384 e. The number of aromatic amines is 1. The maximum atomic E-state index is 13.2. The van der Waals surface area contributed by atoms with Gasteiger partial charge in [0.2, 0.25) is 0 Å². The van der Waals surface area contributed by atoms with Crippen LogP contribution >= 0.6 is 22.9 Å². The van der Waals surface area contributed by atoms with Crippen LogP contribution in [-0.2, 0) is 17.7 Å². The second-order valence-corrected chi connectivity index (χ2v) is 11.1. The van der Waals surface area contributed by atoms with Crippen molar-refractivity contribution in [2.24, 2.45) is 5.92 Å². The van der Waals surface area contributed by atoms with E-state index in [1.54, 1.807) is 19.2 Å². The Balaban J connectivity index is 1.31. The first-order chi connectivity index (χ1) is 16.9. The van der Waals surface area contributed by atoms with Gasteiger partial charge in [0.15, 0.2) is 5.01 Å². The Labute approximate surface area is 213 Å². The molecule has 1 saturated carbocycles. The molecule has 0 spiro atoms. The average Bonchev–Trinajstić information content (AvgIpc) is 3.44. The zero-order chi connectivity index (χ0) is 24.5. The highest BCUT2D eigenvalue weighted by molar-refractivity contribution is 7.13. The molecule has 0 radical (unpaired) electrons. The van der Waals surface area contributed by atoms with E-state index < -0.39 is 0 Å². The number of hydrogen-bond acceptors (Lipinski definition) is 6. The summed E-state index contributed by atoms with van der Waals surface area (Å²) in [6, 6.07) is 6.89. The van der Waals surface area contributed by atoms with E-state index in [0.29, 0.717) is 28.2 Å². The van der Waals surface area contributed by atoms with Crippen LogP contribution in [0.15, 0.2) is 24.3 Å². The molecule has 1 aromatic carbocycles. The van der Waals surface area contributed by atoms with E-state index in [0.717, 1.165) is 60.2 Å². The Bertz CT molecular complexity index is 1240. The van der Waals surface area contributed by atoms with E-state index in [1.165, 1.54) is 11.3 Å². The molecule has 3 heterocycles. The molecule has 2 unspecified atom stereocenters. The molecule has 186 valence electrons. The number of carbonyl (C=O) groups excluding carboxylic acids is 2. The van der Waals surface area contributed by atoms with Gasteiger partial charge < -0.3 is 25.3 Å². The van der Waals surface area contributed by atoms with Crippen molar-refractivity contribution in [1.82, 2.24) is 25.5 Å². The molecule has 35 heavy (non-hydrogen) atoms. The largest absolute Gasteiger partial charge is 0.384 e. The predicted molar refractivity (Wildman–Crippen MR) is 137 cm³/mol. The standard InChI is InChI=1S/C25H30ClN5O3S/c1-31-8-7-19-22(12-31)35-25(30-19)24(33)29-20-9-14(13-34-2)3-5-18(20)28-23(32)21-11-15-10-16(26)4-6-17(15)27-21/h4,6,10-11,14,18,20,27H,3,5,7-9,12-13H2,1-2H3,(H,28,32)(H,29,33)/t14-,18?,20?/m0/s1. The third-order valence-electron chi connectivity index (χ3n) is 6.94. The van der Waals surface area contributed by atoms with Gasteiger partial charge in [0.1, 0.15) is 5.69 Å². The van der Waals surface area contributed by atoms with E-state index in [9.17, 15) is 9.59 Å². The van der Waals surface area contributed by atoms with Crippen LogP contribution in [0, 0.1) is 5.92 Å². The molecule has 1 aliphatic heterocycles. The number of methoxy groups -OCH3 is 1. The first kappa shape index (κ1) is 24.2. The van der Waals surface area contributed by atoms with Crippen LogP contribution in [0.2, 0.25) is 5.02 Å². The zero-order valence-electron chi connectivity index (χ0n) is 19.9. The monoisotopic (exact) mass is 515 g/mol. The number of likely N-dealkylation sites (N-methyl/N-ethyl adjacent to an activating group) is 1. The first-order valence-electron chi connectivity index (χ1n) is 12.0. The molecule has 2 aliphatic rings. The molecular formula is C25H30ClN5O3S. The van der Waals surface area contributed by atoms with Crippen LogP contribution in [0.25, 0.3) is 10.9 Å². The summed E-state index contributed by atoms with van der Waals surface area (Å²) in [5.41, 5.74) is 2.36. The molecule has 1 aliphatic carbocycles. The smallest absolute Gasteiger partial charge is 0.280 e. The highest BCUT2D eigenvalue weighted by Gasteiger charge is 2.34. The van der Waals surface area contributed by atoms with Crippen LogP contribution in [0.5, 0.6) is 0 Å². The fourth-order valence-electron chi connectivity index (χ4n) is 5.10. The SMILES string of the molecule is COC[C@H]1CCC(NC(=O)c2cc3cc(Cl)ccc3[nH]2)C(NC(=O)c2nc3c(s2)CN(C)CC3)C1. The Kier molecular flexibility index (Phi) is 7.11. The third kappa shape index (κ3) is 5.38. The van der Waals surface area contributed by atoms with Crippen molar-refractivity contribution < 1.29 is 14.3 Å². The number of aromatic nitrogens is 2.